The van der Waals surface area contributed by atoms with Crippen LogP contribution in [-0.2, 0) is 14.3 Å². The van der Waals surface area contributed by atoms with E-state index in [1.807, 2.05) is 6.92 Å². The fourth-order valence-corrected chi connectivity index (χ4v) is 2.96. The number of benzene rings is 2. The van der Waals surface area contributed by atoms with Crippen LogP contribution in [-0.4, -0.2) is 44.1 Å². The van der Waals surface area contributed by atoms with E-state index in [1.54, 1.807) is 24.3 Å². The Kier molecular flexibility index (Phi) is 6.31. The van der Waals surface area contributed by atoms with Gasteiger partial charge in [0.05, 0.1) is 25.0 Å². The molecule has 1 aliphatic rings. The maximum absolute atomic E-state index is 12.9. The fourth-order valence-electron chi connectivity index (χ4n) is 2.96. The van der Waals surface area contributed by atoms with Crippen molar-refractivity contribution in [1.29, 1.82) is 0 Å². The number of ether oxygens (including phenoxy) is 2. The van der Waals surface area contributed by atoms with E-state index < -0.39 is 29.7 Å². The van der Waals surface area contributed by atoms with Crippen molar-refractivity contribution < 1.29 is 28.7 Å². The van der Waals surface area contributed by atoms with Gasteiger partial charge in [0.15, 0.2) is 0 Å². The second-order valence-corrected chi connectivity index (χ2v) is 6.40. The fraction of sp³-hybridized carbons (Fsp3) is 0.238. The summed E-state index contributed by atoms with van der Waals surface area (Å²) in [4.78, 5) is 50.2. The van der Waals surface area contributed by atoms with Gasteiger partial charge in [-0.05, 0) is 55.5 Å². The van der Waals surface area contributed by atoms with Gasteiger partial charge in [-0.1, -0.05) is 0 Å². The van der Waals surface area contributed by atoms with Gasteiger partial charge in [-0.15, -0.1) is 0 Å². The second-order valence-electron chi connectivity index (χ2n) is 6.40. The molecule has 1 heterocycles. The number of nitrogens with one attached hydrogen (secondary N) is 2. The average molecular weight is 411 g/mol. The maximum Gasteiger partial charge on any atom is 0.337 e. The smallest absolute Gasteiger partial charge is 0.337 e. The third-order valence-corrected chi connectivity index (χ3v) is 4.47. The SMILES string of the molecule is CCOc1ccc(N2C(=O)NCC(C(=O)Nc3ccc(C(=O)OC)cc3)C2=O)cc1. The molecular weight excluding hydrogens is 390 g/mol. The maximum atomic E-state index is 12.9. The summed E-state index contributed by atoms with van der Waals surface area (Å²) in [5, 5.41) is 5.19. The number of carbonyl (C=O) groups excluding carboxylic acids is 4. The number of hydrogen-bond acceptors (Lipinski definition) is 6. The van der Waals surface area contributed by atoms with Crippen molar-refractivity contribution in [2.75, 3.05) is 30.5 Å². The number of esters is 1. The highest BCUT2D eigenvalue weighted by Crippen LogP contribution is 2.24. The van der Waals surface area contributed by atoms with Crippen LogP contribution >= 0.6 is 0 Å². The molecule has 1 aliphatic heterocycles. The molecule has 30 heavy (non-hydrogen) atoms. The van der Waals surface area contributed by atoms with Gasteiger partial charge in [0.25, 0.3) is 0 Å². The first-order valence-corrected chi connectivity index (χ1v) is 9.28. The highest BCUT2D eigenvalue weighted by Gasteiger charge is 2.39. The zero-order valence-corrected chi connectivity index (χ0v) is 16.5. The van der Waals surface area contributed by atoms with Crippen LogP contribution < -0.4 is 20.3 Å². The molecule has 3 rings (SSSR count). The molecule has 0 bridgehead atoms. The molecule has 9 heteroatoms. The molecule has 2 aromatic carbocycles. The van der Waals surface area contributed by atoms with Gasteiger partial charge < -0.3 is 20.1 Å². The molecule has 1 fully saturated rings. The van der Waals surface area contributed by atoms with Crippen molar-refractivity contribution in [1.82, 2.24) is 5.32 Å². The van der Waals surface area contributed by atoms with E-state index >= 15 is 0 Å². The summed E-state index contributed by atoms with van der Waals surface area (Å²) in [6.07, 6.45) is 0. The minimum atomic E-state index is -1.10. The summed E-state index contributed by atoms with van der Waals surface area (Å²) < 4.78 is 9.99. The molecule has 0 spiro atoms. The molecule has 9 nitrogen and oxygen atoms in total. The summed E-state index contributed by atoms with van der Waals surface area (Å²) >= 11 is 0. The van der Waals surface area contributed by atoms with E-state index in [0.717, 1.165) is 4.90 Å². The van der Waals surface area contributed by atoms with E-state index in [-0.39, 0.29) is 6.54 Å². The number of anilines is 2. The lowest BCUT2D eigenvalue weighted by Gasteiger charge is -2.30. The number of amides is 4. The Morgan fingerprint density at radius 1 is 1.10 bits per heavy atom. The first-order chi connectivity index (χ1) is 14.4. The van der Waals surface area contributed by atoms with Crippen LogP contribution in [0.4, 0.5) is 16.2 Å². The van der Waals surface area contributed by atoms with Crippen LogP contribution in [0.1, 0.15) is 17.3 Å². The molecule has 0 aromatic heterocycles. The molecule has 156 valence electrons. The Morgan fingerprint density at radius 2 is 1.77 bits per heavy atom. The van der Waals surface area contributed by atoms with Gasteiger partial charge in [-0.2, -0.15) is 0 Å². The van der Waals surface area contributed by atoms with Crippen LogP contribution in [0.25, 0.3) is 0 Å². The van der Waals surface area contributed by atoms with Gasteiger partial charge in [-0.25, -0.2) is 14.5 Å². The number of carbonyl (C=O) groups is 4. The molecule has 2 N–H and O–H groups in total. The van der Waals surface area contributed by atoms with Crippen LogP contribution in [0.15, 0.2) is 48.5 Å². The van der Waals surface area contributed by atoms with Gasteiger partial charge in [0, 0.05) is 12.2 Å². The summed E-state index contributed by atoms with van der Waals surface area (Å²) in [5.41, 5.74) is 1.07. The zero-order valence-electron chi connectivity index (χ0n) is 16.5. The first kappa shape index (κ1) is 20.8. The quantitative estimate of drug-likeness (QED) is 0.556. The van der Waals surface area contributed by atoms with Crippen molar-refractivity contribution in [2.24, 2.45) is 5.92 Å². The standard InChI is InChI=1S/C21H21N3O6/c1-3-30-16-10-8-15(9-11-16)24-19(26)17(12-22-21(24)28)18(25)23-14-6-4-13(5-7-14)20(27)29-2/h4-11,17H,3,12H2,1-2H3,(H,22,28)(H,23,25). The Bertz CT molecular complexity index is 956. The molecule has 1 unspecified atom stereocenters. The number of hydrogen-bond donors (Lipinski definition) is 2. The van der Waals surface area contributed by atoms with Gasteiger partial charge in [0.2, 0.25) is 11.8 Å². The monoisotopic (exact) mass is 411 g/mol. The lowest BCUT2D eigenvalue weighted by molar-refractivity contribution is -0.130. The van der Waals surface area contributed by atoms with E-state index in [4.69, 9.17) is 4.74 Å². The third kappa shape index (κ3) is 4.40. The molecule has 4 amide bonds. The topological polar surface area (TPSA) is 114 Å². The van der Waals surface area contributed by atoms with Crippen molar-refractivity contribution in [3.63, 3.8) is 0 Å². The lowest BCUT2D eigenvalue weighted by Crippen LogP contribution is -2.58. The van der Waals surface area contributed by atoms with Crippen molar-refractivity contribution in [3.05, 3.63) is 54.1 Å². The number of urea groups is 1. The average Bonchev–Trinajstić information content (AvgIpc) is 2.75. The largest absolute Gasteiger partial charge is 0.494 e. The zero-order chi connectivity index (χ0) is 21.7. The van der Waals surface area contributed by atoms with Crippen LogP contribution in [0.5, 0.6) is 5.75 Å². The van der Waals surface area contributed by atoms with E-state index in [1.165, 1.54) is 31.4 Å². The van der Waals surface area contributed by atoms with E-state index in [2.05, 4.69) is 15.4 Å². The highest BCUT2D eigenvalue weighted by atomic mass is 16.5. The Labute approximate surface area is 172 Å². The predicted octanol–water partition coefficient (Wildman–Crippen LogP) is 2.18. The third-order valence-electron chi connectivity index (χ3n) is 4.47. The minimum absolute atomic E-state index is 0.114. The second kappa shape index (κ2) is 9.08. The minimum Gasteiger partial charge on any atom is -0.494 e. The van der Waals surface area contributed by atoms with Crippen molar-refractivity contribution in [3.8, 4) is 5.75 Å². The van der Waals surface area contributed by atoms with Gasteiger partial charge in [-0.3, -0.25) is 9.59 Å². The molecule has 0 saturated carbocycles. The normalized spacial score (nSPS) is 15.9. The Hall–Kier alpha value is -3.88. The highest BCUT2D eigenvalue weighted by molar-refractivity contribution is 6.23. The van der Waals surface area contributed by atoms with Crippen molar-refractivity contribution >= 4 is 35.2 Å². The lowest BCUT2D eigenvalue weighted by atomic mass is 10.0. The van der Waals surface area contributed by atoms with E-state index in [0.29, 0.717) is 29.3 Å². The number of nitrogens with zero attached hydrogens (tertiary/aromatic N) is 1. The summed E-state index contributed by atoms with van der Waals surface area (Å²) in [6, 6.07) is 11.9. The van der Waals surface area contributed by atoms with Crippen LogP contribution in [0, 0.1) is 5.92 Å². The Balaban J connectivity index is 1.72. The molecular formula is C21H21N3O6. The molecule has 0 aliphatic carbocycles. The number of imide groups is 1. The van der Waals surface area contributed by atoms with Gasteiger partial charge in [0.1, 0.15) is 11.7 Å². The molecule has 1 saturated heterocycles. The first-order valence-electron chi connectivity index (χ1n) is 9.28. The predicted molar refractivity (Wildman–Crippen MR) is 108 cm³/mol. The number of methoxy groups -OCH3 is 1. The summed E-state index contributed by atoms with van der Waals surface area (Å²) in [7, 11) is 1.27. The van der Waals surface area contributed by atoms with Crippen molar-refractivity contribution in [2.45, 2.75) is 6.92 Å². The van der Waals surface area contributed by atoms with Crippen LogP contribution in [0.2, 0.25) is 0 Å². The summed E-state index contributed by atoms with van der Waals surface area (Å²) in [6.45, 7) is 2.23. The Morgan fingerprint density at radius 3 is 2.37 bits per heavy atom. The molecule has 2 aromatic rings. The molecule has 0 radical (unpaired) electrons. The molecule has 1 atom stereocenters. The van der Waals surface area contributed by atoms with Crippen LogP contribution in [0.3, 0.4) is 0 Å². The summed E-state index contributed by atoms with van der Waals surface area (Å²) in [5.74, 6) is -2.19. The number of rotatable bonds is 6. The van der Waals surface area contributed by atoms with E-state index in [9.17, 15) is 19.2 Å². The van der Waals surface area contributed by atoms with Gasteiger partial charge >= 0.3 is 12.0 Å².